The summed E-state index contributed by atoms with van der Waals surface area (Å²) in [4.78, 5) is 0. The van der Waals surface area contributed by atoms with Gasteiger partial charge in [0.2, 0.25) is 0 Å². The zero-order valence-corrected chi connectivity index (χ0v) is 20.6. The molecule has 1 aromatic rings. The van der Waals surface area contributed by atoms with E-state index in [1.54, 1.807) is 12.6 Å². The molecule has 2 aliphatic heterocycles. The molecule has 9 heteroatoms. The molecule has 168 valence electrons. The van der Waals surface area contributed by atoms with Gasteiger partial charge in [0, 0.05) is 8.81 Å². The number of rotatable bonds is 11. The second kappa shape index (κ2) is 13.9. The van der Waals surface area contributed by atoms with Crippen LogP contribution in [0.2, 0.25) is 0 Å². The molecule has 0 aliphatic carbocycles. The van der Waals surface area contributed by atoms with Crippen LogP contribution in [0.3, 0.4) is 0 Å². The fourth-order valence-corrected chi connectivity index (χ4v) is 4.70. The van der Waals surface area contributed by atoms with Crippen molar-refractivity contribution in [1.29, 1.82) is 0 Å². The molecule has 3 rings (SSSR count). The van der Waals surface area contributed by atoms with E-state index in [4.69, 9.17) is 35.2 Å². The Hall–Kier alpha value is -0.485. The van der Waals surface area contributed by atoms with Gasteiger partial charge in [-0.15, -0.1) is 0 Å². The molecule has 0 saturated carbocycles. The molecule has 2 unspecified atom stereocenters. The van der Waals surface area contributed by atoms with E-state index in [-0.39, 0.29) is 24.6 Å². The summed E-state index contributed by atoms with van der Waals surface area (Å²) in [7, 11) is 0.303. The third-order valence-electron chi connectivity index (χ3n) is 5.29. The molecular weight excluding hydrogens is 449 g/mol. The molecule has 6 atom stereocenters. The molecule has 2 heterocycles. The van der Waals surface area contributed by atoms with Gasteiger partial charge in [-0.2, -0.15) is 0 Å². The number of benzene rings is 1. The molecule has 5 nitrogen and oxygen atoms in total. The second-order valence-corrected chi connectivity index (χ2v) is 9.89. The van der Waals surface area contributed by atoms with Gasteiger partial charge in [0.05, 0.1) is 6.61 Å². The first-order valence-electron chi connectivity index (χ1n) is 10.6. The van der Waals surface area contributed by atoms with Gasteiger partial charge in [0.1, 0.15) is 0 Å². The van der Waals surface area contributed by atoms with Crippen molar-refractivity contribution in [2.75, 3.05) is 13.2 Å². The van der Waals surface area contributed by atoms with Crippen LogP contribution >= 0.6 is 15.7 Å². The molecular formula is C22H31BO5P2S. The Morgan fingerprint density at radius 2 is 2.10 bits per heavy atom. The molecule has 0 spiro atoms. The van der Waals surface area contributed by atoms with Gasteiger partial charge in [-0.1, -0.05) is 18.7 Å². The van der Waals surface area contributed by atoms with Crippen molar-refractivity contribution in [2.45, 2.75) is 63.3 Å². The van der Waals surface area contributed by atoms with Crippen LogP contribution < -0.4 is 0 Å². The van der Waals surface area contributed by atoms with E-state index in [0.29, 0.717) is 35.5 Å². The minimum absolute atomic E-state index is 0.100. The van der Waals surface area contributed by atoms with Crippen LogP contribution in [-0.2, 0) is 41.8 Å². The van der Waals surface area contributed by atoms with Crippen LogP contribution in [0.5, 0.6) is 0 Å². The van der Waals surface area contributed by atoms with Gasteiger partial charge >= 0.3 is 144 Å². The predicted molar refractivity (Wildman–Crippen MR) is 132 cm³/mol. The summed E-state index contributed by atoms with van der Waals surface area (Å²) in [5.74, 6) is 1.78. The van der Waals surface area contributed by atoms with E-state index in [1.807, 2.05) is 12.1 Å². The maximum atomic E-state index is 6.33. The van der Waals surface area contributed by atoms with Crippen molar-refractivity contribution in [3.05, 3.63) is 59.9 Å². The monoisotopic (exact) mass is 480 g/mol. The molecule has 0 amide bonds. The molecule has 31 heavy (non-hydrogen) atoms. The standard InChI is InChI=1S/C22H31BO5P2S/c1-3-29-26-15-17-5-4-6-18(13-17)22-24-9-7-20(28-22)14-21-12-16(2)11-19(27-21)8-10-25-23-30-31/h3-6,13,19-22,29-30H,1-2,7-12,14-15H2/t19-,20-,21+,22-/m0/s1. The third kappa shape index (κ3) is 8.76. The van der Waals surface area contributed by atoms with E-state index in [0.717, 1.165) is 43.2 Å². The van der Waals surface area contributed by atoms with Crippen molar-refractivity contribution < 1.29 is 23.4 Å². The molecule has 1 aromatic carbocycles. The van der Waals surface area contributed by atoms with Gasteiger partial charge in [-0.3, -0.25) is 0 Å². The fourth-order valence-electron chi connectivity index (χ4n) is 3.94. The summed E-state index contributed by atoms with van der Waals surface area (Å²) >= 11 is 4.89. The predicted octanol–water partition coefficient (Wildman–Crippen LogP) is 5.32. The Bertz CT molecular complexity index is 789. The average Bonchev–Trinajstić information content (AvgIpc) is 2.77. The normalized spacial score (nSPS) is 26.9. The molecule has 0 N–H and O–H groups in total. The summed E-state index contributed by atoms with van der Waals surface area (Å²) in [5.41, 5.74) is 3.37. The number of hydrogen-bond acceptors (Lipinski definition) is 6. The zero-order valence-electron chi connectivity index (χ0n) is 17.8. The van der Waals surface area contributed by atoms with Crippen LogP contribution in [0.1, 0.15) is 49.5 Å². The van der Waals surface area contributed by atoms with Gasteiger partial charge in [0.15, 0.2) is 0 Å². The van der Waals surface area contributed by atoms with Crippen LogP contribution in [-0.4, -0.2) is 38.3 Å². The van der Waals surface area contributed by atoms with Crippen LogP contribution in [0, 0.1) is 0 Å². The van der Waals surface area contributed by atoms with E-state index < -0.39 is 0 Å². The van der Waals surface area contributed by atoms with E-state index in [9.17, 15) is 0 Å². The van der Waals surface area contributed by atoms with E-state index in [2.05, 4.69) is 25.3 Å². The Kier molecular flexibility index (Phi) is 11.3. The Balaban J connectivity index is 1.52. The van der Waals surface area contributed by atoms with E-state index in [1.165, 1.54) is 5.57 Å². The maximum absolute atomic E-state index is 6.33. The Labute approximate surface area is 194 Å². The van der Waals surface area contributed by atoms with Gasteiger partial charge in [0.25, 0.3) is 0 Å². The average molecular weight is 480 g/mol. The quantitative estimate of drug-likeness (QED) is 0.185. The summed E-state index contributed by atoms with van der Waals surface area (Å²) in [5, 5.41) is 0. The van der Waals surface area contributed by atoms with Crippen molar-refractivity contribution in [1.82, 2.24) is 0 Å². The Morgan fingerprint density at radius 3 is 2.94 bits per heavy atom. The minimum atomic E-state index is -0.355. The van der Waals surface area contributed by atoms with E-state index >= 15 is 0 Å². The Morgan fingerprint density at radius 1 is 1.23 bits per heavy atom. The SMILES string of the molecule is C=CPOCc1cccc([C@H]2OCC[C@@H](C[C@H]3CC(=C)C[C@H](CCOB=[PH]=S)O3)O2)c1. The zero-order chi connectivity index (χ0) is 21.9. The molecule has 0 bridgehead atoms. The first-order valence-corrected chi connectivity index (χ1v) is 13.8. The van der Waals surface area contributed by atoms with Gasteiger partial charge in [-0.05, 0) is 11.4 Å². The summed E-state index contributed by atoms with van der Waals surface area (Å²) in [6.07, 6.45) is 4.37. The number of hydrogen-bond donors (Lipinski definition) is 0. The van der Waals surface area contributed by atoms with Crippen molar-refractivity contribution in [2.24, 2.45) is 0 Å². The van der Waals surface area contributed by atoms with Gasteiger partial charge in [-0.25, -0.2) is 0 Å². The van der Waals surface area contributed by atoms with Gasteiger partial charge < -0.3 is 4.52 Å². The first-order chi connectivity index (χ1) is 15.2. The van der Waals surface area contributed by atoms with Crippen LogP contribution in [0.4, 0.5) is 0 Å². The topological polar surface area (TPSA) is 46.2 Å². The second-order valence-electron chi connectivity index (χ2n) is 7.77. The summed E-state index contributed by atoms with van der Waals surface area (Å²) in [6, 6.07) is 8.21. The van der Waals surface area contributed by atoms with Crippen LogP contribution in [0.15, 0.2) is 48.8 Å². The van der Waals surface area contributed by atoms with Crippen LogP contribution in [0.25, 0.3) is 0 Å². The number of ether oxygens (including phenoxy) is 3. The van der Waals surface area contributed by atoms with Crippen molar-refractivity contribution in [3.63, 3.8) is 0 Å². The third-order valence-corrected chi connectivity index (χ3v) is 6.32. The summed E-state index contributed by atoms with van der Waals surface area (Å²) < 4.78 is 29.6. The molecule has 0 radical (unpaired) electrons. The molecule has 2 saturated heterocycles. The van der Waals surface area contributed by atoms with Crippen molar-refractivity contribution >= 4 is 34.3 Å². The molecule has 0 aromatic heterocycles. The molecule has 2 aliphatic rings. The first kappa shape index (κ1) is 25.1. The molecule has 2 fully saturated rings. The fraction of sp³-hybridized carbons (Fsp3) is 0.545. The van der Waals surface area contributed by atoms with Crippen molar-refractivity contribution in [3.8, 4) is 0 Å². The summed E-state index contributed by atoms with van der Waals surface area (Å²) in [6.45, 7) is 11.8.